The minimum atomic E-state index is 0.0724. The van der Waals surface area contributed by atoms with Crippen molar-refractivity contribution in [1.82, 2.24) is 9.88 Å². The van der Waals surface area contributed by atoms with Gasteiger partial charge >= 0.3 is 0 Å². The summed E-state index contributed by atoms with van der Waals surface area (Å²) in [4.78, 5) is 18.7. The highest BCUT2D eigenvalue weighted by Crippen LogP contribution is 2.19. The van der Waals surface area contributed by atoms with Crippen LogP contribution in [0.3, 0.4) is 0 Å². The highest BCUT2D eigenvalue weighted by molar-refractivity contribution is 5.95. The Bertz CT molecular complexity index is 741. The van der Waals surface area contributed by atoms with Gasteiger partial charge in [0, 0.05) is 37.4 Å². The number of carbonyl (C=O) groups is 1. The number of amides is 1. The molecule has 1 fully saturated rings. The molecule has 4 nitrogen and oxygen atoms in total. The molecule has 1 saturated heterocycles. The van der Waals surface area contributed by atoms with E-state index in [0.717, 1.165) is 49.0 Å². The minimum Gasteiger partial charge on any atom is -0.378 e. The Labute approximate surface area is 149 Å². The molecule has 0 aliphatic carbocycles. The molecule has 0 saturated carbocycles. The Morgan fingerprint density at radius 1 is 1.28 bits per heavy atom. The zero-order chi connectivity index (χ0) is 17.6. The van der Waals surface area contributed by atoms with Crippen LogP contribution in [0.15, 0.2) is 42.6 Å². The van der Waals surface area contributed by atoms with Gasteiger partial charge in [0.1, 0.15) is 0 Å². The molecule has 0 N–H and O–H groups in total. The summed E-state index contributed by atoms with van der Waals surface area (Å²) in [6.45, 7) is 6.65. The lowest BCUT2D eigenvalue weighted by Gasteiger charge is -2.31. The number of para-hydroxylation sites is 1. The van der Waals surface area contributed by atoms with Gasteiger partial charge < -0.3 is 9.64 Å². The fraction of sp³-hybridized carbons (Fsp3) is 0.429. The van der Waals surface area contributed by atoms with Crippen LogP contribution in [-0.2, 0) is 9.53 Å². The standard InChI is InChI=1S/C21H26N2O2/c1-16(2)15-25-18-10-13-23(14-11-18)21(24)8-7-17-9-12-22-20-6-4-3-5-19(17)20/h3-9,12,16,18H,10-11,13-15H2,1-2H3/b8-7+. The maximum absolute atomic E-state index is 12.5. The number of carbonyl (C=O) groups excluding carboxylic acids is 1. The highest BCUT2D eigenvalue weighted by Gasteiger charge is 2.22. The number of aromatic nitrogens is 1. The number of ether oxygens (including phenoxy) is 1. The minimum absolute atomic E-state index is 0.0724. The van der Waals surface area contributed by atoms with Crippen LogP contribution < -0.4 is 0 Å². The molecule has 3 rings (SSSR count). The topological polar surface area (TPSA) is 42.4 Å². The monoisotopic (exact) mass is 338 g/mol. The van der Waals surface area contributed by atoms with Crippen LogP contribution in [0.25, 0.3) is 17.0 Å². The Morgan fingerprint density at radius 3 is 2.80 bits per heavy atom. The van der Waals surface area contributed by atoms with E-state index in [1.807, 2.05) is 41.3 Å². The molecular formula is C21H26N2O2. The van der Waals surface area contributed by atoms with Crippen molar-refractivity contribution < 1.29 is 9.53 Å². The van der Waals surface area contributed by atoms with E-state index in [1.165, 1.54) is 0 Å². The van der Waals surface area contributed by atoms with Crippen molar-refractivity contribution >= 4 is 22.9 Å². The Balaban J connectivity index is 1.58. The van der Waals surface area contributed by atoms with Crippen LogP contribution in [0.4, 0.5) is 0 Å². The van der Waals surface area contributed by atoms with Gasteiger partial charge in [-0.2, -0.15) is 0 Å². The fourth-order valence-electron chi connectivity index (χ4n) is 3.10. The van der Waals surface area contributed by atoms with Gasteiger partial charge in [-0.1, -0.05) is 32.0 Å². The number of likely N-dealkylation sites (tertiary alicyclic amines) is 1. The summed E-state index contributed by atoms with van der Waals surface area (Å²) in [6.07, 6.45) is 7.49. The molecule has 0 atom stereocenters. The van der Waals surface area contributed by atoms with Crippen molar-refractivity contribution in [2.45, 2.75) is 32.8 Å². The normalized spacial score (nSPS) is 16.2. The van der Waals surface area contributed by atoms with Gasteiger partial charge in [-0.05, 0) is 42.5 Å². The summed E-state index contributed by atoms with van der Waals surface area (Å²) >= 11 is 0. The number of fused-ring (bicyclic) bond motifs is 1. The second-order valence-corrected chi connectivity index (χ2v) is 7.00. The first-order valence-corrected chi connectivity index (χ1v) is 9.06. The lowest BCUT2D eigenvalue weighted by Crippen LogP contribution is -2.40. The summed E-state index contributed by atoms with van der Waals surface area (Å²) in [6, 6.07) is 9.92. The Morgan fingerprint density at radius 2 is 2.04 bits per heavy atom. The van der Waals surface area contributed by atoms with Crippen LogP contribution in [0.1, 0.15) is 32.3 Å². The summed E-state index contributed by atoms with van der Waals surface area (Å²) in [5.41, 5.74) is 1.97. The maximum Gasteiger partial charge on any atom is 0.246 e. The molecule has 1 aliphatic heterocycles. The number of hydrogen-bond acceptors (Lipinski definition) is 3. The lowest BCUT2D eigenvalue weighted by molar-refractivity contribution is -0.128. The second-order valence-electron chi connectivity index (χ2n) is 7.00. The predicted octanol–water partition coefficient (Wildman–Crippen LogP) is 3.91. The van der Waals surface area contributed by atoms with E-state index in [9.17, 15) is 4.79 Å². The zero-order valence-electron chi connectivity index (χ0n) is 15.0. The molecule has 0 bridgehead atoms. The summed E-state index contributed by atoms with van der Waals surface area (Å²) in [7, 11) is 0. The molecule has 25 heavy (non-hydrogen) atoms. The van der Waals surface area contributed by atoms with E-state index in [0.29, 0.717) is 12.0 Å². The quantitative estimate of drug-likeness (QED) is 0.776. The smallest absolute Gasteiger partial charge is 0.246 e. The van der Waals surface area contributed by atoms with E-state index in [-0.39, 0.29) is 5.91 Å². The van der Waals surface area contributed by atoms with Crippen LogP contribution in [0.2, 0.25) is 0 Å². The molecule has 132 valence electrons. The third-order valence-electron chi connectivity index (χ3n) is 4.51. The van der Waals surface area contributed by atoms with E-state index >= 15 is 0 Å². The molecule has 4 heteroatoms. The molecule has 1 aromatic heterocycles. The third kappa shape index (κ3) is 4.67. The third-order valence-corrected chi connectivity index (χ3v) is 4.51. The number of pyridine rings is 1. The van der Waals surface area contributed by atoms with Gasteiger partial charge in [-0.3, -0.25) is 9.78 Å². The molecule has 2 aromatic rings. The van der Waals surface area contributed by atoms with Gasteiger partial charge in [0.2, 0.25) is 5.91 Å². The Kier molecular flexibility index (Phi) is 5.82. The molecule has 1 amide bonds. The number of hydrogen-bond donors (Lipinski definition) is 0. The van der Waals surface area contributed by atoms with E-state index in [2.05, 4.69) is 18.8 Å². The van der Waals surface area contributed by atoms with Crippen LogP contribution in [0, 0.1) is 5.92 Å². The molecular weight excluding hydrogens is 312 g/mol. The average molecular weight is 338 g/mol. The second kappa shape index (κ2) is 8.26. The number of benzene rings is 1. The summed E-state index contributed by atoms with van der Waals surface area (Å²) in [5.74, 6) is 0.626. The van der Waals surface area contributed by atoms with Crippen LogP contribution in [0.5, 0.6) is 0 Å². The molecule has 1 aromatic carbocycles. The summed E-state index contributed by atoms with van der Waals surface area (Å²) < 4.78 is 5.89. The van der Waals surface area contributed by atoms with Crippen molar-refractivity contribution in [3.05, 3.63) is 48.2 Å². The van der Waals surface area contributed by atoms with Gasteiger partial charge in [0.05, 0.1) is 11.6 Å². The molecule has 0 radical (unpaired) electrons. The fourth-order valence-corrected chi connectivity index (χ4v) is 3.10. The molecule has 1 aliphatic rings. The first-order chi connectivity index (χ1) is 12.1. The van der Waals surface area contributed by atoms with E-state index in [1.54, 1.807) is 12.3 Å². The molecule has 0 unspecified atom stereocenters. The first kappa shape index (κ1) is 17.6. The average Bonchev–Trinajstić information content (AvgIpc) is 2.64. The summed E-state index contributed by atoms with van der Waals surface area (Å²) in [5, 5.41) is 1.06. The molecule has 2 heterocycles. The number of piperidine rings is 1. The number of rotatable bonds is 5. The SMILES string of the molecule is CC(C)COC1CCN(C(=O)/C=C/c2ccnc3ccccc23)CC1. The lowest BCUT2D eigenvalue weighted by atomic mass is 10.1. The van der Waals surface area contributed by atoms with Gasteiger partial charge in [-0.25, -0.2) is 0 Å². The molecule has 0 spiro atoms. The van der Waals surface area contributed by atoms with Gasteiger partial charge in [0.25, 0.3) is 0 Å². The van der Waals surface area contributed by atoms with Crippen molar-refractivity contribution in [2.24, 2.45) is 5.92 Å². The van der Waals surface area contributed by atoms with Crippen molar-refractivity contribution in [3.8, 4) is 0 Å². The predicted molar refractivity (Wildman–Crippen MR) is 101 cm³/mol. The van der Waals surface area contributed by atoms with Gasteiger partial charge in [-0.15, -0.1) is 0 Å². The highest BCUT2D eigenvalue weighted by atomic mass is 16.5. The van der Waals surface area contributed by atoms with E-state index in [4.69, 9.17) is 4.74 Å². The zero-order valence-corrected chi connectivity index (χ0v) is 15.0. The van der Waals surface area contributed by atoms with E-state index < -0.39 is 0 Å². The van der Waals surface area contributed by atoms with Crippen molar-refractivity contribution in [2.75, 3.05) is 19.7 Å². The van der Waals surface area contributed by atoms with Crippen LogP contribution >= 0.6 is 0 Å². The van der Waals surface area contributed by atoms with Crippen molar-refractivity contribution in [3.63, 3.8) is 0 Å². The van der Waals surface area contributed by atoms with Crippen LogP contribution in [-0.4, -0.2) is 41.6 Å². The largest absolute Gasteiger partial charge is 0.378 e. The first-order valence-electron chi connectivity index (χ1n) is 9.06. The number of nitrogens with zero attached hydrogens (tertiary/aromatic N) is 2. The van der Waals surface area contributed by atoms with Gasteiger partial charge in [0.15, 0.2) is 0 Å². The Hall–Kier alpha value is -2.20. The maximum atomic E-state index is 12.5. The van der Waals surface area contributed by atoms with Crippen molar-refractivity contribution in [1.29, 1.82) is 0 Å².